The number of sulfonamides is 1. The van der Waals surface area contributed by atoms with Crippen LogP contribution in [0.3, 0.4) is 0 Å². The van der Waals surface area contributed by atoms with Gasteiger partial charge in [0.05, 0.1) is 17.2 Å². The number of nitrogens with one attached hydrogen (secondary N) is 1. The smallest absolute Gasteiger partial charge is 0.243 e. The lowest BCUT2D eigenvalue weighted by molar-refractivity contribution is 0.389. The molecule has 0 aliphatic carbocycles. The maximum atomic E-state index is 13.9. The molecule has 1 aromatic heterocycles. The van der Waals surface area contributed by atoms with Crippen LogP contribution in [0.25, 0.3) is 0 Å². The first-order valence-corrected chi connectivity index (χ1v) is 10.7. The van der Waals surface area contributed by atoms with Gasteiger partial charge in [-0.1, -0.05) is 35.5 Å². The van der Waals surface area contributed by atoms with E-state index in [-0.39, 0.29) is 5.75 Å². The largest absolute Gasteiger partial charge is 0.508 e. The molecule has 2 aromatic carbocycles. The fraction of sp³-hybridized carbons (Fsp3) is 0.286. The molecule has 1 aliphatic rings. The van der Waals surface area contributed by atoms with Crippen LogP contribution in [0.5, 0.6) is 5.75 Å². The molecule has 2 heterocycles. The summed E-state index contributed by atoms with van der Waals surface area (Å²) in [6, 6.07) is 14.2. The number of benzene rings is 2. The van der Waals surface area contributed by atoms with E-state index in [0.29, 0.717) is 17.0 Å². The number of aromatic hydroxyl groups is 1. The summed E-state index contributed by atoms with van der Waals surface area (Å²) in [6.07, 6.45) is 0. The summed E-state index contributed by atoms with van der Waals surface area (Å²) in [5, 5.41) is 17.1. The second-order valence-electron chi connectivity index (χ2n) is 7.46. The van der Waals surface area contributed by atoms with Crippen molar-refractivity contribution in [2.45, 2.75) is 24.6 Å². The number of para-hydroxylation sites is 1. The second-order valence-corrected chi connectivity index (χ2v) is 9.78. The molecule has 0 spiro atoms. The summed E-state index contributed by atoms with van der Waals surface area (Å²) >= 11 is 0. The first kappa shape index (κ1) is 19.5. The first-order valence-electron chi connectivity index (χ1n) is 9.21. The number of nitrogens with zero attached hydrogens (tertiary/aromatic N) is 2. The van der Waals surface area contributed by atoms with Gasteiger partial charge in [-0.2, -0.15) is 0 Å². The molecule has 0 amide bonds. The summed E-state index contributed by atoms with van der Waals surface area (Å²) in [4.78, 5) is -1.55. The maximum Gasteiger partial charge on any atom is 0.243 e. The predicted octanol–water partition coefficient (Wildman–Crippen LogP) is 3.30. The summed E-state index contributed by atoms with van der Waals surface area (Å²) in [7, 11) is -0.878. The van der Waals surface area contributed by atoms with Gasteiger partial charge in [0.15, 0.2) is 4.87 Å². The highest BCUT2D eigenvalue weighted by Gasteiger charge is 2.60. The van der Waals surface area contributed by atoms with E-state index < -0.39 is 20.8 Å². The second kappa shape index (κ2) is 6.60. The van der Waals surface area contributed by atoms with Crippen molar-refractivity contribution in [3.63, 3.8) is 0 Å². The van der Waals surface area contributed by atoms with Crippen molar-refractivity contribution in [3.8, 4) is 5.75 Å². The highest BCUT2D eigenvalue weighted by Crippen LogP contribution is 2.56. The SMILES string of the molecule is Cc1noc(C)c1C1(S(=O)(=O)N(C)C)Nc2ccccc2C1c1ccc(O)cc1. The van der Waals surface area contributed by atoms with Gasteiger partial charge in [-0.15, -0.1) is 0 Å². The van der Waals surface area contributed by atoms with Gasteiger partial charge >= 0.3 is 0 Å². The van der Waals surface area contributed by atoms with E-state index in [0.717, 1.165) is 16.8 Å². The van der Waals surface area contributed by atoms with Crippen molar-refractivity contribution in [1.29, 1.82) is 0 Å². The van der Waals surface area contributed by atoms with Crippen molar-refractivity contribution >= 4 is 15.7 Å². The topological polar surface area (TPSA) is 95.7 Å². The van der Waals surface area contributed by atoms with E-state index in [1.807, 2.05) is 24.3 Å². The zero-order chi connectivity index (χ0) is 21.0. The molecule has 152 valence electrons. The molecule has 0 bridgehead atoms. The van der Waals surface area contributed by atoms with Gasteiger partial charge in [-0.25, -0.2) is 12.7 Å². The Labute approximate surface area is 170 Å². The minimum atomic E-state index is -3.92. The number of fused-ring (bicyclic) bond motifs is 1. The highest BCUT2D eigenvalue weighted by atomic mass is 32.2. The fourth-order valence-electron chi connectivity index (χ4n) is 4.29. The van der Waals surface area contributed by atoms with Crippen molar-refractivity contribution < 1.29 is 18.0 Å². The number of phenolic OH excluding ortho intramolecular Hbond substituents is 1. The monoisotopic (exact) mass is 413 g/mol. The average molecular weight is 413 g/mol. The van der Waals surface area contributed by atoms with Gasteiger partial charge in [-0.3, -0.25) is 0 Å². The Morgan fingerprint density at radius 2 is 1.76 bits per heavy atom. The van der Waals surface area contributed by atoms with Crippen LogP contribution in [0.1, 0.15) is 34.1 Å². The Kier molecular flexibility index (Phi) is 4.43. The van der Waals surface area contributed by atoms with Gasteiger partial charge in [0.25, 0.3) is 0 Å². The zero-order valence-electron chi connectivity index (χ0n) is 16.7. The molecule has 0 saturated heterocycles. The Morgan fingerprint density at radius 1 is 1.10 bits per heavy atom. The van der Waals surface area contributed by atoms with E-state index >= 15 is 0 Å². The van der Waals surface area contributed by atoms with Crippen molar-refractivity contribution in [1.82, 2.24) is 9.46 Å². The molecule has 1 aliphatic heterocycles. The highest BCUT2D eigenvalue weighted by molar-refractivity contribution is 7.90. The van der Waals surface area contributed by atoms with E-state index in [1.165, 1.54) is 18.4 Å². The number of aryl methyl sites for hydroxylation is 2. The zero-order valence-corrected chi connectivity index (χ0v) is 17.5. The van der Waals surface area contributed by atoms with Crippen molar-refractivity contribution in [2.24, 2.45) is 0 Å². The van der Waals surface area contributed by atoms with Crippen LogP contribution in [-0.4, -0.2) is 37.1 Å². The molecular weight excluding hydrogens is 390 g/mol. The molecule has 29 heavy (non-hydrogen) atoms. The van der Waals surface area contributed by atoms with E-state index in [2.05, 4.69) is 10.5 Å². The number of aromatic nitrogens is 1. The minimum absolute atomic E-state index is 0.117. The van der Waals surface area contributed by atoms with Crippen molar-refractivity contribution in [2.75, 3.05) is 19.4 Å². The van der Waals surface area contributed by atoms with Crippen LogP contribution >= 0.6 is 0 Å². The first-order chi connectivity index (χ1) is 13.7. The van der Waals surface area contributed by atoms with Gasteiger partial charge in [0.2, 0.25) is 10.0 Å². The van der Waals surface area contributed by atoms with Gasteiger partial charge in [0.1, 0.15) is 11.5 Å². The van der Waals surface area contributed by atoms with E-state index in [4.69, 9.17) is 4.52 Å². The Bertz CT molecular complexity index is 1150. The molecule has 2 unspecified atom stereocenters. The Hall–Kier alpha value is -2.84. The third-order valence-electron chi connectivity index (χ3n) is 5.52. The number of hydrogen-bond donors (Lipinski definition) is 2. The number of phenols is 1. The maximum absolute atomic E-state index is 13.9. The third kappa shape index (κ3) is 2.67. The fourth-order valence-corrected chi connectivity index (χ4v) is 6.21. The number of rotatable bonds is 4. The van der Waals surface area contributed by atoms with Crippen LogP contribution in [0.15, 0.2) is 53.1 Å². The molecule has 0 saturated carbocycles. The lowest BCUT2D eigenvalue weighted by Gasteiger charge is -2.38. The number of anilines is 1. The minimum Gasteiger partial charge on any atom is -0.508 e. The molecule has 8 heteroatoms. The van der Waals surface area contributed by atoms with Crippen molar-refractivity contribution in [3.05, 3.63) is 76.7 Å². The summed E-state index contributed by atoms with van der Waals surface area (Å²) in [5.41, 5.74) is 3.35. The molecule has 4 rings (SSSR count). The molecule has 0 fully saturated rings. The molecule has 2 N–H and O–H groups in total. The van der Waals surface area contributed by atoms with E-state index in [1.54, 1.807) is 38.1 Å². The van der Waals surface area contributed by atoms with Crippen LogP contribution in [0.4, 0.5) is 5.69 Å². The predicted molar refractivity (Wildman–Crippen MR) is 110 cm³/mol. The van der Waals surface area contributed by atoms with Crippen LogP contribution < -0.4 is 5.32 Å². The summed E-state index contributed by atoms with van der Waals surface area (Å²) in [6.45, 7) is 3.47. The van der Waals surface area contributed by atoms with Crippen LogP contribution in [0.2, 0.25) is 0 Å². The molecule has 2 atom stereocenters. The van der Waals surface area contributed by atoms with E-state index in [9.17, 15) is 13.5 Å². The quantitative estimate of drug-likeness (QED) is 0.681. The molecule has 3 aromatic rings. The lowest BCUT2D eigenvalue weighted by Crippen LogP contribution is -2.51. The third-order valence-corrected chi connectivity index (χ3v) is 7.83. The number of hydrogen-bond acceptors (Lipinski definition) is 6. The lowest BCUT2D eigenvalue weighted by atomic mass is 9.83. The molecular formula is C21H23N3O4S. The van der Waals surface area contributed by atoms with Gasteiger partial charge < -0.3 is 14.9 Å². The van der Waals surface area contributed by atoms with Crippen LogP contribution in [-0.2, 0) is 14.9 Å². The molecule has 7 nitrogen and oxygen atoms in total. The normalized spacial score (nSPS) is 21.2. The molecule has 0 radical (unpaired) electrons. The van der Waals surface area contributed by atoms with Gasteiger partial charge in [-0.05, 0) is 43.2 Å². The average Bonchev–Trinajstić information content (AvgIpc) is 3.20. The van der Waals surface area contributed by atoms with Crippen LogP contribution in [0, 0.1) is 13.8 Å². The standard InChI is InChI=1S/C21H23N3O4S/c1-13-19(14(2)28-23-13)21(29(26,27)24(3)4)20(15-9-11-16(25)12-10-15)17-7-5-6-8-18(17)22-21/h5-12,20,22,25H,1-4H3. The summed E-state index contributed by atoms with van der Waals surface area (Å²) in [5.74, 6) is -0.0214. The Balaban J connectivity index is 2.13. The van der Waals surface area contributed by atoms with Gasteiger partial charge in [0, 0.05) is 19.8 Å². The summed E-state index contributed by atoms with van der Waals surface area (Å²) < 4.78 is 34.5. The Morgan fingerprint density at radius 3 is 2.34 bits per heavy atom.